The summed E-state index contributed by atoms with van der Waals surface area (Å²) in [4.78, 5) is 24.2. The number of carbonyl (C=O) groups excluding carboxylic acids is 1. The number of phenolic OH excluding ortho intramolecular Hbond substituents is 1. The van der Waals surface area contributed by atoms with Crippen LogP contribution in [0.1, 0.15) is 33.8 Å². The van der Waals surface area contributed by atoms with Crippen LogP contribution in [0.3, 0.4) is 0 Å². The highest BCUT2D eigenvalue weighted by atomic mass is 16.5. The van der Waals surface area contributed by atoms with E-state index in [-0.39, 0.29) is 24.0 Å². The molecule has 39 heavy (non-hydrogen) atoms. The zero-order valence-electron chi connectivity index (χ0n) is 21.0. The lowest BCUT2D eigenvalue weighted by molar-refractivity contribution is -0.139. The minimum atomic E-state index is -0.966. The van der Waals surface area contributed by atoms with Crippen LogP contribution < -0.4 is 19.5 Å². The Kier molecular flexibility index (Phi) is 7.63. The maximum Gasteiger partial charge on any atom is 0.311 e. The number of carbonyl (C=O) groups is 2. The topological polar surface area (TPSA) is 114 Å². The highest BCUT2D eigenvalue weighted by Gasteiger charge is 2.29. The number of carboxylic acid groups (broad SMARTS) is 1. The van der Waals surface area contributed by atoms with Crippen molar-refractivity contribution in [2.45, 2.75) is 18.8 Å². The first-order valence-electron chi connectivity index (χ1n) is 12.6. The fraction of sp³-hybridized carbons (Fsp3) is 0.161. The lowest BCUT2D eigenvalue weighted by Gasteiger charge is -2.24. The number of benzene rings is 4. The molecule has 1 aliphatic rings. The van der Waals surface area contributed by atoms with Crippen molar-refractivity contribution in [3.05, 3.63) is 108 Å². The second kappa shape index (κ2) is 11.6. The van der Waals surface area contributed by atoms with Crippen LogP contribution >= 0.6 is 0 Å². The van der Waals surface area contributed by atoms with E-state index in [2.05, 4.69) is 5.32 Å². The summed E-state index contributed by atoms with van der Waals surface area (Å²) in [5, 5.41) is 22.8. The number of fused-ring (bicyclic) bond motifs is 1. The molecule has 0 aliphatic carbocycles. The molecule has 5 rings (SSSR count). The lowest BCUT2D eigenvalue weighted by atomic mass is 9.93. The average molecular weight is 526 g/mol. The first-order chi connectivity index (χ1) is 19.0. The van der Waals surface area contributed by atoms with Crippen molar-refractivity contribution in [2.24, 2.45) is 0 Å². The summed E-state index contributed by atoms with van der Waals surface area (Å²) < 4.78 is 17.4. The van der Waals surface area contributed by atoms with E-state index < -0.39 is 11.9 Å². The Morgan fingerprint density at radius 1 is 0.872 bits per heavy atom. The first-order valence-corrected chi connectivity index (χ1v) is 12.6. The van der Waals surface area contributed by atoms with Crippen LogP contribution in [-0.4, -0.2) is 35.2 Å². The van der Waals surface area contributed by atoms with Gasteiger partial charge in [-0.05, 0) is 66.9 Å². The van der Waals surface area contributed by atoms with E-state index in [1.807, 2.05) is 54.6 Å². The number of phenols is 1. The number of hydrogen-bond acceptors (Lipinski definition) is 6. The number of hydrogen-bond donors (Lipinski definition) is 3. The van der Waals surface area contributed by atoms with E-state index in [1.54, 1.807) is 24.3 Å². The van der Waals surface area contributed by atoms with E-state index in [4.69, 9.17) is 14.2 Å². The monoisotopic (exact) mass is 525 g/mol. The Hall–Kier alpha value is -4.98. The van der Waals surface area contributed by atoms with Crippen molar-refractivity contribution < 1.29 is 34.0 Å². The van der Waals surface area contributed by atoms with E-state index in [0.717, 1.165) is 17.1 Å². The van der Waals surface area contributed by atoms with Gasteiger partial charge in [-0.25, -0.2) is 0 Å². The molecule has 4 aromatic rings. The second-order valence-corrected chi connectivity index (χ2v) is 9.04. The van der Waals surface area contributed by atoms with Crippen LogP contribution in [0.5, 0.6) is 34.5 Å². The summed E-state index contributed by atoms with van der Waals surface area (Å²) in [7, 11) is 0. The fourth-order valence-corrected chi connectivity index (χ4v) is 4.38. The molecule has 3 N–H and O–H groups in total. The van der Waals surface area contributed by atoms with Crippen molar-refractivity contribution >= 4 is 11.9 Å². The summed E-state index contributed by atoms with van der Waals surface area (Å²) in [5.74, 6) is 0.269. The van der Waals surface area contributed by atoms with Gasteiger partial charge in [0.25, 0.3) is 5.91 Å². The molecule has 198 valence electrons. The molecule has 1 aliphatic heterocycles. The van der Waals surface area contributed by atoms with Crippen molar-refractivity contribution in [3.63, 3.8) is 0 Å². The molecule has 0 bridgehead atoms. The van der Waals surface area contributed by atoms with Crippen molar-refractivity contribution in [3.8, 4) is 34.5 Å². The summed E-state index contributed by atoms with van der Waals surface area (Å²) in [6.45, 7) is 0.691. The van der Waals surface area contributed by atoms with Gasteiger partial charge in [-0.1, -0.05) is 36.4 Å². The molecule has 1 unspecified atom stereocenters. The molecular weight excluding hydrogens is 498 g/mol. The van der Waals surface area contributed by atoms with Crippen LogP contribution in [0.4, 0.5) is 0 Å². The van der Waals surface area contributed by atoms with Gasteiger partial charge in [-0.3, -0.25) is 9.59 Å². The van der Waals surface area contributed by atoms with E-state index in [9.17, 15) is 19.8 Å². The quantitative estimate of drug-likeness (QED) is 0.249. The summed E-state index contributed by atoms with van der Waals surface area (Å²) >= 11 is 0. The van der Waals surface area contributed by atoms with Gasteiger partial charge in [-0.2, -0.15) is 0 Å². The SMILES string of the molecule is O=C(NCCc1ccccc1Oc1ccccc1)c1ccc(Oc2cc3c(cc2O)C(C(=O)O)CCO3)cc1. The Morgan fingerprint density at radius 2 is 1.56 bits per heavy atom. The third-order valence-electron chi connectivity index (χ3n) is 6.40. The summed E-state index contributed by atoms with van der Waals surface area (Å²) in [6, 6.07) is 26.6. The Bertz CT molecular complexity index is 1470. The molecular formula is C31H27NO7. The first kappa shape index (κ1) is 25.7. The third kappa shape index (κ3) is 6.13. The lowest BCUT2D eigenvalue weighted by Crippen LogP contribution is -2.25. The number of nitrogens with one attached hydrogen (secondary N) is 1. The average Bonchev–Trinajstić information content (AvgIpc) is 2.95. The molecule has 1 heterocycles. The smallest absolute Gasteiger partial charge is 0.311 e. The van der Waals surface area contributed by atoms with Gasteiger partial charge in [0.05, 0.1) is 12.5 Å². The number of aliphatic carboxylic acids is 1. The zero-order chi connectivity index (χ0) is 27.2. The normalized spacial score (nSPS) is 14.0. The molecule has 0 radical (unpaired) electrons. The number of carboxylic acids is 1. The van der Waals surface area contributed by atoms with Gasteiger partial charge in [0.2, 0.25) is 0 Å². The standard InChI is InChI=1S/C31H27NO7/c33-26-18-25-24(31(35)36)15-17-37-28(25)19-29(26)39-23-12-10-21(11-13-23)30(34)32-16-14-20-6-4-5-9-27(20)38-22-7-2-1-3-8-22/h1-13,18-19,24,33H,14-17H2,(H,32,34)(H,35,36). The van der Waals surface area contributed by atoms with Crippen molar-refractivity contribution in [1.29, 1.82) is 0 Å². The number of para-hydroxylation sites is 2. The van der Waals surface area contributed by atoms with Gasteiger partial charge in [0.1, 0.15) is 23.0 Å². The maximum absolute atomic E-state index is 12.7. The minimum absolute atomic E-state index is 0.133. The largest absolute Gasteiger partial charge is 0.504 e. The fourth-order valence-electron chi connectivity index (χ4n) is 4.38. The van der Waals surface area contributed by atoms with Gasteiger partial charge < -0.3 is 29.7 Å². The molecule has 4 aromatic carbocycles. The molecule has 0 spiro atoms. The molecule has 0 saturated heterocycles. The van der Waals surface area contributed by atoms with Gasteiger partial charge in [0, 0.05) is 23.7 Å². The molecule has 8 nitrogen and oxygen atoms in total. The molecule has 0 fully saturated rings. The number of ether oxygens (including phenoxy) is 3. The van der Waals surface area contributed by atoms with Crippen molar-refractivity contribution in [1.82, 2.24) is 5.32 Å². The minimum Gasteiger partial charge on any atom is -0.504 e. The van der Waals surface area contributed by atoms with E-state index in [1.165, 1.54) is 12.1 Å². The third-order valence-corrected chi connectivity index (χ3v) is 6.40. The highest BCUT2D eigenvalue weighted by molar-refractivity contribution is 5.94. The number of aromatic hydroxyl groups is 1. The van der Waals surface area contributed by atoms with Gasteiger partial charge in [0.15, 0.2) is 11.5 Å². The van der Waals surface area contributed by atoms with Crippen LogP contribution in [0, 0.1) is 0 Å². The molecule has 0 saturated carbocycles. The Labute approximate surface area is 225 Å². The zero-order valence-corrected chi connectivity index (χ0v) is 21.0. The summed E-state index contributed by atoms with van der Waals surface area (Å²) in [5.41, 5.74) is 1.85. The molecule has 1 atom stereocenters. The van der Waals surface area contributed by atoms with Crippen LogP contribution in [0.2, 0.25) is 0 Å². The Morgan fingerprint density at radius 3 is 2.33 bits per heavy atom. The van der Waals surface area contributed by atoms with Crippen LogP contribution in [0.25, 0.3) is 0 Å². The highest BCUT2D eigenvalue weighted by Crippen LogP contribution is 2.42. The predicted octanol–water partition coefficient (Wildman–Crippen LogP) is 5.90. The maximum atomic E-state index is 12.7. The van der Waals surface area contributed by atoms with Gasteiger partial charge >= 0.3 is 5.97 Å². The van der Waals surface area contributed by atoms with E-state index in [0.29, 0.717) is 42.0 Å². The van der Waals surface area contributed by atoms with Crippen molar-refractivity contribution in [2.75, 3.05) is 13.2 Å². The summed E-state index contributed by atoms with van der Waals surface area (Å²) in [6.07, 6.45) is 0.928. The predicted molar refractivity (Wildman–Crippen MR) is 144 cm³/mol. The van der Waals surface area contributed by atoms with E-state index >= 15 is 0 Å². The Balaban J connectivity index is 1.18. The number of amides is 1. The van der Waals surface area contributed by atoms with Gasteiger partial charge in [-0.15, -0.1) is 0 Å². The van der Waals surface area contributed by atoms with Crippen LogP contribution in [-0.2, 0) is 11.2 Å². The van der Waals surface area contributed by atoms with Crippen LogP contribution in [0.15, 0.2) is 91.0 Å². The number of rotatable bonds is 9. The second-order valence-electron chi connectivity index (χ2n) is 9.04. The molecule has 8 heteroatoms. The molecule has 1 amide bonds. The molecule has 0 aromatic heterocycles.